The molecule has 10 heteroatoms. The molecule has 0 radical (unpaired) electrons. The first-order chi connectivity index (χ1) is 11.7. The van der Waals surface area contributed by atoms with Gasteiger partial charge in [-0.15, -0.1) is 4.47 Å². The lowest BCUT2D eigenvalue weighted by atomic mass is 10.3. The second-order valence-corrected chi connectivity index (χ2v) is 7.90. The van der Waals surface area contributed by atoms with E-state index in [1.54, 1.807) is 0 Å². The molecule has 2 aromatic rings. The summed E-state index contributed by atoms with van der Waals surface area (Å²) in [7, 11) is -2.03. The maximum atomic E-state index is 12.2. The van der Waals surface area contributed by atoms with Gasteiger partial charge in [0.05, 0.1) is 35.7 Å². The van der Waals surface area contributed by atoms with Crippen LogP contribution in [0.2, 0.25) is 5.02 Å². The summed E-state index contributed by atoms with van der Waals surface area (Å²) in [6.07, 6.45) is 5.87. The molecule has 1 aromatic heterocycles. The van der Waals surface area contributed by atoms with E-state index in [4.69, 9.17) is 11.6 Å². The van der Waals surface area contributed by atoms with Crippen LogP contribution in [0.4, 0.5) is 11.4 Å². The zero-order chi connectivity index (χ0) is 18.6. The zero-order valence-corrected chi connectivity index (χ0v) is 15.5. The average Bonchev–Trinajstić information content (AvgIpc) is 2.93. The lowest BCUT2D eigenvalue weighted by Crippen LogP contribution is -2.30. The third kappa shape index (κ3) is 5.18. The van der Waals surface area contributed by atoms with E-state index in [1.807, 2.05) is 34.9 Å². The number of anilines is 2. The number of aryl methyl sites for hydroxylation is 2. The molecule has 0 unspecified atom stereocenters. The van der Waals surface area contributed by atoms with Crippen molar-refractivity contribution in [1.29, 1.82) is 0 Å². The van der Waals surface area contributed by atoms with Gasteiger partial charge in [-0.25, -0.2) is 17.6 Å². The predicted molar refractivity (Wildman–Crippen MR) is 94.0 cm³/mol. The first-order valence-electron chi connectivity index (χ1n) is 7.49. The molecule has 1 amide bonds. The van der Waals surface area contributed by atoms with E-state index in [1.165, 1.54) is 25.1 Å². The van der Waals surface area contributed by atoms with Gasteiger partial charge in [0.25, 0.3) is 10.0 Å². The Morgan fingerprint density at radius 2 is 2.16 bits per heavy atom. The first-order valence-corrected chi connectivity index (χ1v) is 9.48. The fourth-order valence-corrected chi connectivity index (χ4v) is 3.55. The van der Waals surface area contributed by atoms with Crippen molar-refractivity contribution in [3.63, 3.8) is 0 Å². The van der Waals surface area contributed by atoms with E-state index in [-0.39, 0.29) is 26.8 Å². The molecule has 0 aliphatic heterocycles. The largest absolute Gasteiger partial charge is 0.325 e. The minimum atomic E-state index is -3.91. The van der Waals surface area contributed by atoms with Crippen molar-refractivity contribution in [2.45, 2.75) is 19.9 Å². The molecule has 0 spiro atoms. The summed E-state index contributed by atoms with van der Waals surface area (Å²) in [5, 5.41) is 12.7. The Bertz CT molecular complexity index is 866. The van der Waals surface area contributed by atoms with Crippen LogP contribution >= 0.6 is 11.6 Å². The summed E-state index contributed by atoms with van der Waals surface area (Å²) in [5.74, 6) is -0.530. The van der Waals surface area contributed by atoms with Crippen molar-refractivity contribution >= 4 is 38.9 Å². The Balaban J connectivity index is 2.03. The van der Waals surface area contributed by atoms with Gasteiger partial charge >= 0.3 is 0 Å². The molecule has 0 atom stereocenters. The minimum Gasteiger partial charge on any atom is -0.325 e. The molecular weight excluding hydrogens is 368 g/mol. The van der Waals surface area contributed by atoms with Crippen LogP contribution in [-0.2, 0) is 28.4 Å². The molecule has 0 fully saturated rings. The third-order valence-corrected chi connectivity index (χ3v) is 5.25. The molecule has 8 nitrogen and oxygen atoms in total. The number of aromatic nitrogens is 2. The van der Waals surface area contributed by atoms with Gasteiger partial charge in [-0.2, -0.15) is 0 Å². The van der Waals surface area contributed by atoms with Crippen LogP contribution in [0.5, 0.6) is 0 Å². The van der Waals surface area contributed by atoms with Crippen LogP contribution in [0.15, 0.2) is 36.9 Å². The topological polar surface area (TPSA) is 95.5 Å². The summed E-state index contributed by atoms with van der Waals surface area (Å²) >= 11 is 6.00. The highest BCUT2D eigenvalue weighted by Gasteiger charge is 2.22. The van der Waals surface area contributed by atoms with Gasteiger partial charge in [0.15, 0.2) is 0 Å². The van der Waals surface area contributed by atoms with Crippen molar-refractivity contribution < 1.29 is 23.0 Å². The van der Waals surface area contributed by atoms with Crippen LogP contribution < -0.4 is 14.4 Å². The Kier molecular flexibility index (Phi) is 6.04. The first kappa shape index (κ1) is 19.2. The summed E-state index contributed by atoms with van der Waals surface area (Å²) < 4.78 is 28.4. The summed E-state index contributed by atoms with van der Waals surface area (Å²) in [4.78, 5) is 11.1. The molecule has 2 N–H and O–H groups in total. The van der Waals surface area contributed by atoms with Gasteiger partial charge in [0.2, 0.25) is 12.2 Å². The predicted octanol–water partition coefficient (Wildman–Crippen LogP) is 1.54. The van der Waals surface area contributed by atoms with Gasteiger partial charge in [0, 0.05) is 13.3 Å². The number of halogens is 1. The van der Waals surface area contributed by atoms with Crippen molar-refractivity contribution in [3.8, 4) is 0 Å². The molecule has 0 aliphatic carbocycles. The number of rotatable bonds is 7. The summed E-state index contributed by atoms with van der Waals surface area (Å²) in [6.45, 7) is 1.84. The van der Waals surface area contributed by atoms with E-state index in [0.717, 1.165) is 0 Å². The molecule has 136 valence electrons. The maximum absolute atomic E-state index is 12.2. The highest BCUT2D eigenvalue weighted by Crippen LogP contribution is 2.28. The van der Waals surface area contributed by atoms with Gasteiger partial charge in [-0.3, -0.25) is 10.0 Å². The Morgan fingerprint density at radius 1 is 1.44 bits per heavy atom. The fraction of sp³-hybridized carbons (Fsp3) is 0.333. The normalized spacial score (nSPS) is 11.4. The van der Waals surface area contributed by atoms with Crippen LogP contribution in [-0.4, -0.2) is 29.9 Å². The average molecular weight is 388 g/mol. The molecule has 0 saturated carbocycles. The molecule has 0 aliphatic rings. The monoisotopic (exact) mass is 387 g/mol. The van der Waals surface area contributed by atoms with Crippen LogP contribution in [0, 0.1) is 0 Å². The molecule has 25 heavy (non-hydrogen) atoms. The number of carbonyl (C=O) groups is 1. The lowest BCUT2D eigenvalue weighted by Gasteiger charge is -2.18. The lowest BCUT2D eigenvalue weighted by molar-refractivity contribution is -0.671. The number of carbonyl (C=O) groups excluding carboxylic acids is 1. The smallest absolute Gasteiger partial charge is 0.257 e. The molecule has 0 bridgehead atoms. The van der Waals surface area contributed by atoms with E-state index in [0.29, 0.717) is 18.7 Å². The summed E-state index contributed by atoms with van der Waals surface area (Å²) in [5.41, 5.74) is 0.343. The standard InChI is InChI=1S/C15H19ClN4O4S/c1-12(21)17-15-5-4-13(10-14(15)16)20(22)25(23,24)9-3-6-19-8-7-18(2)11-19/h4-5,7-8,10-11,22H,3,6,9H2,1-2H3/p+1. The zero-order valence-electron chi connectivity index (χ0n) is 13.9. The summed E-state index contributed by atoms with van der Waals surface area (Å²) in [6, 6.07) is 4.06. The van der Waals surface area contributed by atoms with E-state index in [9.17, 15) is 18.4 Å². The molecular formula is C15H20ClN4O4S+. The van der Waals surface area contributed by atoms with Gasteiger partial charge in [0.1, 0.15) is 12.4 Å². The number of hydrogen-bond acceptors (Lipinski definition) is 4. The minimum absolute atomic E-state index is 0.00599. The Morgan fingerprint density at radius 3 is 2.72 bits per heavy atom. The number of hydrogen-bond donors (Lipinski definition) is 2. The number of benzene rings is 1. The highest BCUT2D eigenvalue weighted by molar-refractivity contribution is 7.92. The molecule has 1 heterocycles. The second-order valence-electron chi connectivity index (χ2n) is 5.57. The van der Waals surface area contributed by atoms with Gasteiger partial charge in [-0.05, 0) is 18.2 Å². The van der Waals surface area contributed by atoms with Crippen LogP contribution in [0.25, 0.3) is 0 Å². The van der Waals surface area contributed by atoms with Crippen LogP contribution in [0.1, 0.15) is 13.3 Å². The number of sulfonamides is 1. The van der Waals surface area contributed by atoms with Crippen LogP contribution in [0.3, 0.4) is 0 Å². The number of imidazole rings is 1. The number of amides is 1. The molecule has 2 rings (SSSR count). The van der Waals surface area contributed by atoms with E-state index in [2.05, 4.69) is 5.32 Å². The quantitative estimate of drug-likeness (QED) is 0.556. The van der Waals surface area contributed by atoms with Crippen molar-refractivity contribution in [3.05, 3.63) is 41.9 Å². The van der Waals surface area contributed by atoms with Crippen molar-refractivity contribution in [2.75, 3.05) is 15.5 Å². The molecule has 1 aromatic carbocycles. The van der Waals surface area contributed by atoms with E-state index >= 15 is 0 Å². The third-order valence-electron chi connectivity index (χ3n) is 3.39. The Labute approximate surface area is 151 Å². The second kappa shape index (κ2) is 7.85. The molecule has 0 saturated heterocycles. The SMILES string of the molecule is CC(=O)Nc1ccc(N(O)S(=O)(=O)CCCn2cc[n+](C)c2)cc1Cl. The van der Waals surface area contributed by atoms with Gasteiger partial charge < -0.3 is 5.32 Å². The fourth-order valence-electron chi connectivity index (χ4n) is 2.22. The van der Waals surface area contributed by atoms with Crippen molar-refractivity contribution in [1.82, 2.24) is 4.57 Å². The van der Waals surface area contributed by atoms with Gasteiger partial charge in [-0.1, -0.05) is 11.6 Å². The highest BCUT2D eigenvalue weighted by atomic mass is 35.5. The number of nitrogens with zero attached hydrogens (tertiary/aromatic N) is 3. The number of nitrogens with one attached hydrogen (secondary N) is 1. The van der Waals surface area contributed by atoms with E-state index < -0.39 is 10.0 Å². The van der Waals surface area contributed by atoms with Crippen molar-refractivity contribution in [2.24, 2.45) is 7.05 Å². The Hall–Kier alpha value is -2.10. The maximum Gasteiger partial charge on any atom is 0.257 e.